The lowest BCUT2D eigenvalue weighted by Crippen LogP contribution is -2.61. The summed E-state index contributed by atoms with van der Waals surface area (Å²) in [5.74, 6) is 0. The van der Waals surface area contributed by atoms with Crippen LogP contribution in [-0.4, -0.2) is 11.3 Å². The average Bonchev–Trinajstić information content (AvgIpc) is 1.20. The van der Waals surface area contributed by atoms with Gasteiger partial charge in [0.25, 0.3) is 6.71 Å². The summed E-state index contributed by atoms with van der Waals surface area (Å²) < 4.78 is 2.40. The molecule has 2 aliphatic rings. The van der Waals surface area contributed by atoms with E-state index in [2.05, 4.69) is 385 Å². The Kier molecular flexibility index (Phi) is 14.3. The third kappa shape index (κ3) is 10.4. The van der Waals surface area contributed by atoms with E-state index in [1.165, 1.54) is 99.8 Å². The maximum atomic E-state index is 2.68. The molecule has 2 aliphatic heterocycles. The van der Waals surface area contributed by atoms with Crippen molar-refractivity contribution in [2.75, 3.05) is 14.7 Å². The molecule has 460 valence electrons. The predicted octanol–water partition coefficient (Wildman–Crippen LogP) is 22.9. The van der Waals surface area contributed by atoms with E-state index in [-0.39, 0.29) is 23.0 Å². The zero-order valence-corrected chi connectivity index (χ0v) is 55.7. The number of hydrogen-bond acceptors (Lipinski definition) is 3. The number of hydrogen-bond donors (Lipinski definition) is 0. The summed E-state index contributed by atoms with van der Waals surface area (Å²) in [4.78, 5) is 7.73. The first-order valence-corrected chi connectivity index (χ1v) is 33.6. The summed E-state index contributed by atoms with van der Waals surface area (Å²) in [6, 6.07) is 114. The largest absolute Gasteiger partial charge is 0.311 e. The Morgan fingerprint density at radius 1 is 0.284 bits per heavy atom. The molecule has 14 aromatic rings. The Bertz CT molecular complexity index is 5100. The minimum atomic E-state index is -0.262. The molecule has 0 fully saturated rings. The van der Waals surface area contributed by atoms with Crippen molar-refractivity contribution >= 4 is 96.1 Å². The number of fused-ring (bicyclic) bond motifs is 7. The lowest BCUT2D eigenvalue weighted by molar-refractivity contribution is 0.569. The molecule has 95 heavy (non-hydrogen) atoms. The highest BCUT2D eigenvalue weighted by Gasteiger charge is 2.45. The van der Waals surface area contributed by atoms with Crippen molar-refractivity contribution in [2.24, 2.45) is 0 Å². The van der Waals surface area contributed by atoms with Crippen LogP contribution >= 0.6 is 0 Å². The van der Waals surface area contributed by atoms with Gasteiger partial charge in [-0.15, -0.1) is 0 Å². The highest BCUT2D eigenvalue weighted by atomic mass is 15.2. The zero-order valence-electron chi connectivity index (χ0n) is 55.7. The fraction of sp³-hybridized carbons (Fsp3) is 0.133. The number of aromatic nitrogens is 1. The average molecular weight is 1230 g/mol. The summed E-state index contributed by atoms with van der Waals surface area (Å²) in [5.41, 5.74) is 30.3. The lowest BCUT2D eigenvalue weighted by atomic mass is 9.33. The summed E-state index contributed by atoms with van der Waals surface area (Å²) >= 11 is 0. The van der Waals surface area contributed by atoms with Gasteiger partial charge < -0.3 is 19.3 Å². The van der Waals surface area contributed by atoms with Gasteiger partial charge in [0.15, 0.2) is 0 Å². The van der Waals surface area contributed by atoms with Gasteiger partial charge in [0, 0.05) is 73.1 Å². The van der Waals surface area contributed by atoms with Gasteiger partial charge in [-0.1, -0.05) is 275 Å². The van der Waals surface area contributed by atoms with Gasteiger partial charge in [-0.2, -0.15) is 0 Å². The van der Waals surface area contributed by atoms with Crippen molar-refractivity contribution in [3.63, 3.8) is 0 Å². The third-order valence-electron chi connectivity index (χ3n) is 19.8. The first-order chi connectivity index (χ1) is 46.0. The van der Waals surface area contributed by atoms with Gasteiger partial charge in [-0.3, -0.25) is 0 Å². The van der Waals surface area contributed by atoms with Crippen LogP contribution < -0.4 is 31.1 Å². The maximum Gasteiger partial charge on any atom is 0.252 e. The van der Waals surface area contributed by atoms with Crippen molar-refractivity contribution in [2.45, 2.75) is 78.6 Å². The van der Waals surface area contributed by atoms with Crippen molar-refractivity contribution in [3.8, 4) is 50.2 Å². The molecular weight excluding hydrogens is 1150 g/mol. The number of benzene rings is 13. The molecule has 0 saturated heterocycles. The highest BCUT2D eigenvalue weighted by Crippen LogP contribution is 2.53. The van der Waals surface area contributed by atoms with Gasteiger partial charge in [0.05, 0.1) is 16.7 Å². The normalized spacial score (nSPS) is 12.8. The van der Waals surface area contributed by atoms with Crippen molar-refractivity contribution in [3.05, 3.63) is 320 Å². The molecule has 13 aromatic carbocycles. The van der Waals surface area contributed by atoms with E-state index in [0.29, 0.717) is 0 Å². The Morgan fingerprint density at radius 2 is 0.726 bits per heavy atom. The van der Waals surface area contributed by atoms with Gasteiger partial charge >= 0.3 is 0 Å². The van der Waals surface area contributed by atoms with Crippen LogP contribution in [0.3, 0.4) is 0 Å². The van der Waals surface area contributed by atoms with Crippen LogP contribution in [0.5, 0.6) is 0 Å². The lowest BCUT2D eigenvalue weighted by Gasteiger charge is -2.46. The summed E-state index contributed by atoms with van der Waals surface area (Å²) in [6.07, 6.45) is 0. The molecule has 0 atom stereocenters. The van der Waals surface area contributed by atoms with E-state index in [1.54, 1.807) is 0 Å². The number of nitrogens with zero attached hydrogens (tertiary/aromatic N) is 4. The molecule has 0 aliphatic carbocycles. The van der Waals surface area contributed by atoms with E-state index in [1.807, 2.05) is 0 Å². The molecule has 0 radical (unpaired) electrons. The minimum absolute atomic E-state index is 0.0711. The van der Waals surface area contributed by atoms with E-state index in [9.17, 15) is 0 Å². The van der Waals surface area contributed by atoms with E-state index in [0.717, 1.165) is 56.5 Å². The third-order valence-corrected chi connectivity index (χ3v) is 19.8. The monoisotopic (exact) mass is 1220 g/mol. The zero-order chi connectivity index (χ0) is 64.9. The molecule has 0 amide bonds. The van der Waals surface area contributed by atoms with Crippen LogP contribution in [0, 0.1) is 0 Å². The second-order valence-corrected chi connectivity index (χ2v) is 29.0. The van der Waals surface area contributed by atoms with E-state index < -0.39 is 0 Å². The molecule has 16 rings (SSSR count). The molecular formula is C90H77BN4. The fourth-order valence-electron chi connectivity index (χ4n) is 14.8. The van der Waals surface area contributed by atoms with Gasteiger partial charge in [-0.05, 0) is 174 Å². The summed E-state index contributed by atoms with van der Waals surface area (Å²) in [5, 5.41) is 2.50. The highest BCUT2D eigenvalue weighted by molar-refractivity contribution is 7.00. The second-order valence-electron chi connectivity index (χ2n) is 29.0. The van der Waals surface area contributed by atoms with Crippen molar-refractivity contribution < 1.29 is 0 Å². The fourth-order valence-corrected chi connectivity index (χ4v) is 14.8. The van der Waals surface area contributed by atoms with Crippen LogP contribution in [0.4, 0.5) is 51.2 Å². The molecule has 0 bridgehead atoms. The molecule has 0 spiro atoms. The van der Waals surface area contributed by atoms with Gasteiger partial charge in [-0.25, -0.2) is 0 Å². The summed E-state index contributed by atoms with van der Waals surface area (Å²) in [6.45, 7) is 21.0. The molecule has 4 nitrogen and oxygen atoms in total. The Hall–Kier alpha value is -10.9. The smallest absolute Gasteiger partial charge is 0.252 e. The molecule has 0 N–H and O–H groups in total. The first-order valence-electron chi connectivity index (χ1n) is 33.6. The number of para-hydroxylation sites is 4. The van der Waals surface area contributed by atoms with Gasteiger partial charge in [0.2, 0.25) is 0 Å². The molecule has 3 heterocycles. The van der Waals surface area contributed by atoms with Crippen LogP contribution in [0.2, 0.25) is 0 Å². The van der Waals surface area contributed by atoms with Crippen molar-refractivity contribution in [1.82, 2.24) is 4.57 Å². The maximum absolute atomic E-state index is 2.68. The number of anilines is 9. The molecule has 0 unspecified atom stereocenters. The van der Waals surface area contributed by atoms with Crippen LogP contribution in [-0.2, 0) is 16.2 Å². The van der Waals surface area contributed by atoms with Crippen LogP contribution in [0.25, 0.3) is 72.0 Å². The molecule has 5 heteroatoms. The second kappa shape index (κ2) is 23.0. The minimum Gasteiger partial charge on any atom is -0.311 e. The van der Waals surface area contributed by atoms with E-state index >= 15 is 0 Å². The summed E-state index contributed by atoms with van der Waals surface area (Å²) in [7, 11) is 0. The molecule has 0 saturated carbocycles. The Labute approximate surface area is 560 Å². The number of rotatable bonds is 10. The van der Waals surface area contributed by atoms with Crippen LogP contribution in [0.15, 0.2) is 303 Å². The SMILES string of the molecule is CC(C)(C)c1cc(-c2ccc3c(c2)N(c2c(-c4ccccc4)cccc2-c2ccccc2)c2cc(C(C)(C)C)cc4c2B3c2ccc(N(c3ccccc3)c3ccc(-n5c6ccccc6c6ccccc65)cc3)cc2N4c2cccc(-c3ccccc3)c2)cc(C(C)(C)C)c1. The standard InChI is InChI=1S/C90H77BN4/c1-88(2,3)66-52-65(53-67(56-66)89(4,5)6)64-44-50-78-82(55-64)95(87-74(61-30-16-11-17-31-61)40-27-41-75(87)62-32-18-12-19-33-62)85-58-68(90(7,8)9)57-84-86(85)91(78)79-51-49-73(59-83(79)94(84)72-37-26-34-63(54-72)60-28-14-10-15-29-60)92(69-35-20-13-21-36-69)70-45-47-71(48-46-70)93-80-42-24-22-38-76(80)77-39-23-25-43-81(77)93/h10-59H,1-9H3. The van der Waals surface area contributed by atoms with Gasteiger partial charge in [0.1, 0.15) is 0 Å². The first kappa shape index (κ1) is 59.2. The van der Waals surface area contributed by atoms with Crippen molar-refractivity contribution in [1.29, 1.82) is 0 Å². The predicted molar refractivity (Wildman–Crippen MR) is 407 cm³/mol. The molecule has 1 aromatic heterocycles. The Morgan fingerprint density at radius 3 is 1.29 bits per heavy atom. The van der Waals surface area contributed by atoms with E-state index in [4.69, 9.17) is 0 Å². The Balaban J connectivity index is 0.986. The quantitative estimate of drug-likeness (QED) is 0.127. The van der Waals surface area contributed by atoms with Crippen LogP contribution in [0.1, 0.15) is 79.0 Å². The topological polar surface area (TPSA) is 14.7 Å².